The second-order valence-corrected chi connectivity index (χ2v) is 6.76. The molecule has 1 aromatic carbocycles. The van der Waals surface area contributed by atoms with Crippen LogP contribution in [0.25, 0.3) is 0 Å². The third kappa shape index (κ3) is 19.6. The van der Waals surface area contributed by atoms with Gasteiger partial charge in [0, 0.05) is 25.6 Å². The van der Waals surface area contributed by atoms with Gasteiger partial charge >= 0.3 is 0 Å². The average molecular weight is 422 g/mol. The number of carbonyl (C=O) groups excluding carboxylic acids is 2. The second kappa shape index (κ2) is 27.3. The van der Waals surface area contributed by atoms with Crippen LogP contribution in [-0.4, -0.2) is 30.5 Å². The molecule has 1 rings (SSSR count). The number of unbranched alkanes of at least 4 members (excludes halogenated alkanes) is 6. The van der Waals surface area contributed by atoms with Crippen molar-refractivity contribution in [2.24, 2.45) is 0 Å². The number of hydrogen-bond donors (Lipinski definition) is 2. The first-order valence-corrected chi connectivity index (χ1v) is 11.5. The van der Waals surface area contributed by atoms with Crippen molar-refractivity contribution in [3.8, 4) is 0 Å². The molecule has 0 aromatic heterocycles. The van der Waals surface area contributed by atoms with Gasteiger partial charge in [0.25, 0.3) is 0 Å². The van der Waals surface area contributed by atoms with E-state index in [-0.39, 0.29) is 0 Å². The fraction of sp³-hybridized carbons (Fsp3) is 0.654. The molecule has 0 bridgehead atoms. The first kappa shape index (κ1) is 32.9. The highest BCUT2D eigenvalue weighted by Crippen LogP contribution is 2.16. The van der Waals surface area contributed by atoms with Gasteiger partial charge in [-0.1, -0.05) is 84.4 Å². The highest BCUT2D eigenvalue weighted by Gasteiger charge is 2.09. The van der Waals surface area contributed by atoms with Crippen molar-refractivity contribution in [3.63, 3.8) is 0 Å². The van der Waals surface area contributed by atoms with Gasteiger partial charge < -0.3 is 10.4 Å². The molecule has 4 nitrogen and oxygen atoms in total. The van der Waals surface area contributed by atoms with Gasteiger partial charge in [0.2, 0.25) is 0 Å². The van der Waals surface area contributed by atoms with E-state index in [1.165, 1.54) is 56.5 Å². The topological polar surface area (TPSA) is 66.4 Å². The summed E-state index contributed by atoms with van der Waals surface area (Å²) in [6.07, 6.45) is 10.5. The van der Waals surface area contributed by atoms with Crippen LogP contribution in [-0.2, 0) is 11.3 Å². The minimum absolute atomic E-state index is 0.309. The maximum absolute atomic E-state index is 12.3. The maximum Gasteiger partial charge on any atom is 0.163 e. The Bertz CT molecular complexity index is 535. The highest BCUT2D eigenvalue weighted by atomic mass is 16.2. The van der Waals surface area contributed by atoms with E-state index in [4.69, 9.17) is 9.90 Å². The lowest BCUT2D eigenvalue weighted by molar-refractivity contribution is 0.0978. The highest BCUT2D eigenvalue weighted by molar-refractivity contribution is 5.97. The number of Topliss-reactive ketones (excluding diaryl/α,β-unsaturated/α-hetero) is 1. The lowest BCUT2D eigenvalue weighted by Gasteiger charge is -2.09. The number of aliphatic hydroxyl groups excluding tert-OH is 1. The van der Waals surface area contributed by atoms with Gasteiger partial charge in [0.15, 0.2) is 5.78 Å². The zero-order chi connectivity index (χ0) is 23.6. The van der Waals surface area contributed by atoms with E-state index in [1.807, 2.05) is 19.9 Å². The first-order chi connectivity index (χ1) is 14.6. The predicted octanol–water partition coefficient (Wildman–Crippen LogP) is 6.46. The molecule has 0 saturated carbocycles. The van der Waals surface area contributed by atoms with Crippen LogP contribution in [0, 0.1) is 6.92 Å². The zero-order valence-corrected chi connectivity index (χ0v) is 20.5. The Morgan fingerprint density at radius 2 is 1.53 bits per heavy atom. The number of benzene rings is 1. The molecule has 0 atom stereocenters. The summed E-state index contributed by atoms with van der Waals surface area (Å²) in [5.41, 5.74) is 3.31. The monoisotopic (exact) mass is 421 g/mol. The number of aliphatic hydroxyl groups is 1. The Labute approximate surface area is 186 Å². The van der Waals surface area contributed by atoms with Crippen LogP contribution >= 0.6 is 0 Å². The minimum atomic E-state index is 0.309. The summed E-state index contributed by atoms with van der Waals surface area (Å²) in [7, 11) is 1.00. The van der Waals surface area contributed by atoms with Gasteiger partial charge in [-0.3, -0.25) is 4.79 Å². The standard InChI is InChI=1S/C21H35NO.C2H2O.C2H6.CH4O/c1-4-6-8-9-10-11-12-21(23)20-14-13-19(16-18(20)3)17-22-15-7-5-2;1-2-3;2*1-2/h13-14,16,22H,4-12,15,17H2,1-3H3;1H2;1-2H3;2H,1H3. The van der Waals surface area contributed by atoms with Crippen LogP contribution in [0.5, 0.6) is 0 Å². The van der Waals surface area contributed by atoms with Crippen molar-refractivity contribution in [1.82, 2.24) is 5.32 Å². The van der Waals surface area contributed by atoms with Crippen molar-refractivity contribution in [3.05, 3.63) is 41.5 Å². The largest absolute Gasteiger partial charge is 0.400 e. The summed E-state index contributed by atoms with van der Waals surface area (Å²) >= 11 is 0. The van der Waals surface area contributed by atoms with Gasteiger partial charge in [0.1, 0.15) is 5.94 Å². The smallest absolute Gasteiger partial charge is 0.163 e. The Balaban J connectivity index is -0.000000926. The van der Waals surface area contributed by atoms with Crippen LogP contribution in [0.3, 0.4) is 0 Å². The molecule has 4 heteroatoms. The maximum atomic E-state index is 12.3. The first-order valence-electron chi connectivity index (χ1n) is 11.5. The van der Waals surface area contributed by atoms with Gasteiger partial charge in [-0.2, -0.15) is 0 Å². The number of nitrogens with one attached hydrogen (secondary N) is 1. The Kier molecular flexibility index (Phi) is 29.9. The lowest BCUT2D eigenvalue weighted by atomic mass is 9.98. The van der Waals surface area contributed by atoms with Gasteiger partial charge in [-0.15, -0.1) is 0 Å². The number of carbonyl (C=O) groups is 1. The molecular formula is C26H47NO3. The predicted molar refractivity (Wildman–Crippen MR) is 131 cm³/mol. The summed E-state index contributed by atoms with van der Waals surface area (Å²) in [6.45, 7) is 15.1. The van der Waals surface area contributed by atoms with E-state index in [0.29, 0.717) is 12.2 Å². The molecule has 30 heavy (non-hydrogen) atoms. The Hall–Kier alpha value is -1.74. The van der Waals surface area contributed by atoms with Crippen molar-refractivity contribution in [1.29, 1.82) is 0 Å². The fourth-order valence-corrected chi connectivity index (χ4v) is 2.88. The molecule has 0 aliphatic heterocycles. The Morgan fingerprint density at radius 3 is 2.07 bits per heavy atom. The van der Waals surface area contributed by atoms with E-state index in [2.05, 4.69) is 44.8 Å². The lowest BCUT2D eigenvalue weighted by Crippen LogP contribution is -2.14. The van der Waals surface area contributed by atoms with Crippen LogP contribution in [0.15, 0.2) is 24.8 Å². The molecule has 0 heterocycles. The molecule has 0 radical (unpaired) electrons. The fourth-order valence-electron chi connectivity index (χ4n) is 2.88. The van der Waals surface area contributed by atoms with E-state index < -0.39 is 0 Å². The molecule has 0 aliphatic rings. The van der Waals surface area contributed by atoms with Crippen LogP contribution in [0.2, 0.25) is 0 Å². The number of rotatable bonds is 13. The molecule has 0 unspecified atom stereocenters. The molecule has 0 fully saturated rings. The van der Waals surface area contributed by atoms with Crippen LogP contribution in [0.1, 0.15) is 107 Å². The number of ketones is 1. The number of hydrogen-bond acceptors (Lipinski definition) is 4. The van der Waals surface area contributed by atoms with E-state index >= 15 is 0 Å². The van der Waals surface area contributed by atoms with Crippen molar-refractivity contribution >= 4 is 11.7 Å². The molecule has 0 saturated heterocycles. The van der Waals surface area contributed by atoms with Crippen LogP contribution in [0.4, 0.5) is 0 Å². The average Bonchev–Trinajstić information content (AvgIpc) is 2.77. The quantitative estimate of drug-likeness (QED) is 0.218. The molecule has 0 aliphatic carbocycles. The van der Waals surface area contributed by atoms with Gasteiger partial charge in [-0.05, 0) is 44.0 Å². The summed E-state index contributed by atoms with van der Waals surface area (Å²) in [5.74, 6) is 1.56. The molecule has 174 valence electrons. The summed E-state index contributed by atoms with van der Waals surface area (Å²) in [6, 6.07) is 6.28. The summed E-state index contributed by atoms with van der Waals surface area (Å²) in [5, 5.41) is 10.5. The van der Waals surface area contributed by atoms with Crippen molar-refractivity contribution in [2.75, 3.05) is 13.7 Å². The Morgan fingerprint density at radius 1 is 1.00 bits per heavy atom. The van der Waals surface area contributed by atoms with Gasteiger partial charge in [-0.25, -0.2) is 4.79 Å². The third-order valence-corrected chi connectivity index (χ3v) is 4.38. The normalized spacial score (nSPS) is 9.03. The molecule has 0 spiro atoms. The molecular weight excluding hydrogens is 374 g/mol. The minimum Gasteiger partial charge on any atom is -0.400 e. The zero-order valence-electron chi connectivity index (χ0n) is 20.5. The van der Waals surface area contributed by atoms with E-state index in [0.717, 1.165) is 37.7 Å². The SMILES string of the molecule is C=C=O.CC.CCCCCCCCC(=O)c1ccc(CNCCCC)cc1C.CO. The van der Waals surface area contributed by atoms with Crippen molar-refractivity contribution in [2.45, 2.75) is 99.0 Å². The molecule has 1 aromatic rings. The summed E-state index contributed by atoms with van der Waals surface area (Å²) < 4.78 is 0. The second-order valence-electron chi connectivity index (χ2n) is 6.76. The van der Waals surface area contributed by atoms with E-state index in [9.17, 15) is 4.79 Å². The van der Waals surface area contributed by atoms with Gasteiger partial charge in [0.05, 0.1) is 0 Å². The third-order valence-electron chi connectivity index (χ3n) is 4.38. The summed E-state index contributed by atoms with van der Waals surface area (Å²) in [4.78, 5) is 20.9. The number of aryl methyl sites for hydroxylation is 1. The molecule has 0 amide bonds. The van der Waals surface area contributed by atoms with E-state index in [1.54, 1.807) is 0 Å². The van der Waals surface area contributed by atoms with Crippen LogP contribution < -0.4 is 5.32 Å². The van der Waals surface area contributed by atoms with Crippen molar-refractivity contribution < 1.29 is 14.7 Å². The molecule has 2 N–H and O–H groups in total.